The Morgan fingerprint density at radius 1 is 1.05 bits per heavy atom. The number of halogens is 3. The molecule has 2 rings (SSSR count). The maximum atomic E-state index is 13.4. The van der Waals surface area contributed by atoms with Gasteiger partial charge in [-0.1, -0.05) is 41.4 Å². The number of hydrogen-bond donors (Lipinski definition) is 1. The van der Waals surface area contributed by atoms with Crippen LogP contribution in [0.1, 0.15) is 10.4 Å². The molecule has 0 atom stereocenters. The molecule has 0 aliphatic rings. The van der Waals surface area contributed by atoms with Crippen molar-refractivity contribution in [3.63, 3.8) is 0 Å². The molecular weight excluding hydrogens is 332 g/mol. The smallest absolute Gasteiger partial charge is 0.341 e. The predicted octanol–water partition coefficient (Wildman–Crippen LogP) is 3.93. The van der Waals surface area contributed by atoms with Gasteiger partial charge in [-0.15, -0.1) is 0 Å². The molecule has 2 aromatic rings. The number of amides is 1. The second-order valence-corrected chi connectivity index (χ2v) is 5.02. The summed E-state index contributed by atoms with van der Waals surface area (Å²) in [6.07, 6.45) is 0. The number of carbonyl (C=O) groups is 2. The van der Waals surface area contributed by atoms with E-state index >= 15 is 0 Å². The van der Waals surface area contributed by atoms with E-state index < -0.39 is 24.3 Å². The molecule has 0 bridgehead atoms. The van der Waals surface area contributed by atoms with Crippen LogP contribution in [0.4, 0.5) is 10.1 Å². The van der Waals surface area contributed by atoms with Gasteiger partial charge in [0.15, 0.2) is 6.61 Å². The number of nitrogens with one attached hydrogen (secondary N) is 1. The van der Waals surface area contributed by atoms with Crippen LogP contribution in [0.25, 0.3) is 0 Å². The van der Waals surface area contributed by atoms with E-state index in [4.69, 9.17) is 27.9 Å². The van der Waals surface area contributed by atoms with E-state index in [2.05, 4.69) is 5.32 Å². The van der Waals surface area contributed by atoms with E-state index in [1.165, 1.54) is 30.3 Å². The third-order valence-corrected chi connectivity index (χ3v) is 3.28. The molecule has 0 aromatic heterocycles. The maximum absolute atomic E-state index is 13.4. The number of hydrogen-bond acceptors (Lipinski definition) is 3. The van der Waals surface area contributed by atoms with E-state index in [-0.39, 0.29) is 21.3 Å². The molecule has 4 nitrogen and oxygen atoms in total. The van der Waals surface area contributed by atoms with Gasteiger partial charge in [0.1, 0.15) is 5.82 Å². The van der Waals surface area contributed by atoms with Crippen LogP contribution in [-0.4, -0.2) is 18.5 Å². The van der Waals surface area contributed by atoms with Crippen LogP contribution in [-0.2, 0) is 9.53 Å². The molecular formula is C15H10Cl2FNO3. The summed E-state index contributed by atoms with van der Waals surface area (Å²) in [5.41, 5.74) is -0.0242. The first-order chi connectivity index (χ1) is 10.5. The number of benzene rings is 2. The fraction of sp³-hybridized carbons (Fsp3) is 0.0667. The van der Waals surface area contributed by atoms with Gasteiger partial charge in [0, 0.05) is 0 Å². The Morgan fingerprint density at radius 2 is 1.68 bits per heavy atom. The average Bonchev–Trinajstić information content (AvgIpc) is 2.47. The highest BCUT2D eigenvalue weighted by atomic mass is 35.5. The first-order valence-electron chi connectivity index (χ1n) is 6.14. The van der Waals surface area contributed by atoms with Gasteiger partial charge in [0.05, 0.1) is 21.3 Å². The SMILES string of the molecule is O=C(COC(=O)c1c(Cl)cccc1Cl)Nc1ccccc1F. The van der Waals surface area contributed by atoms with E-state index in [1.54, 1.807) is 12.1 Å². The van der Waals surface area contributed by atoms with Gasteiger partial charge in [-0.2, -0.15) is 0 Å². The molecule has 2 aromatic carbocycles. The minimum atomic E-state index is -0.834. The fourth-order valence-corrected chi connectivity index (χ4v) is 2.20. The van der Waals surface area contributed by atoms with Crippen LogP contribution in [0, 0.1) is 5.82 Å². The van der Waals surface area contributed by atoms with Gasteiger partial charge in [0.25, 0.3) is 5.91 Å². The molecule has 1 amide bonds. The Hall–Kier alpha value is -2.11. The summed E-state index contributed by atoms with van der Waals surface area (Å²) in [4.78, 5) is 23.5. The average molecular weight is 342 g/mol. The highest BCUT2D eigenvalue weighted by Crippen LogP contribution is 2.24. The lowest BCUT2D eigenvalue weighted by Crippen LogP contribution is -2.21. The van der Waals surface area contributed by atoms with Gasteiger partial charge < -0.3 is 10.1 Å². The van der Waals surface area contributed by atoms with Crippen molar-refractivity contribution in [3.05, 3.63) is 63.9 Å². The number of anilines is 1. The van der Waals surface area contributed by atoms with Gasteiger partial charge in [-0.3, -0.25) is 4.79 Å². The minimum absolute atomic E-state index is 0.000625. The molecule has 7 heteroatoms. The van der Waals surface area contributed by atoms with Crippen LogP contribution < -0.4 is 5.32 Å². The quantitative estimate of drug-likeness (QED) is 0.857. The number of para-hydroxylation sites is 1. The van der Waals surface area contributed by atoms with E-state index in [0.29, 0.717) is 0 Å². The summed E-state index contributed by atoms with van der Waals surface area (Å²) in [5, 5.41) is 2.52. The molecule has 0 heterocycles. The minimum Gasteiger partial charge on any atom is -0.452 e. The Balaban J connectivity index is 1.97. The zero-order chi connectivity index (χ0) is 16.1. The third-order valence-electron chi connectivity index (χ3n) is 2.65. The monoisotopic (exact) mass is 341 g/mol. The Morgan fingerprint density at radius 3 is 2.32 bits per heavy atom. The van der Waals surface area contributed by atoms with Crippen LogP contribution in [0.3, 0.4) is 0 Å². The number of carbonyl (C=O) groups excluding carboxylic acids is 2. The number of ether oxygens (including phenoxy) is 1. The first-order valence-corrected chi connectivity index (χ1v) is 6.90. The second kappa shape index (κ2) is 7.24. The van der Waals surface area contributed by atoms with Gasteiger partial charge in [-0.05, 0) is 24.3 Å². The normalized spacial score (nSPS) is 10.1. The lowest BCUT2D eigenvalue weighted by molar-refractivity contribution is -0.119. The van der Waals surface area contributed by atoms with Crippen molar-refractivity contribution in [2.75, 3.05) is 11.9 Å². The number of rotatable bonds is 4. The molecule has 0 unspecified atom stereocenters. The Labute approximate surface area is 135 Å². The highest BCUT2D eigenvalue weighted by Gasteiger charge is 2.17. The molecule has 0 saturated carbocycles. The lowest BCUT2D eigenvalue weighted by atomic mass is 10.2. The van der Waals surface area contributed by atoms with Crippen LogP contribution in [0.15, 0.2) is 42.5 Å². The molecule has 0 aliphatic heterocycles. The van der Waals surface area contributed by atoms with Crippen molar-refractivity contribution in [1.82, 2.24) is 0 Å². The van der Waals surface area contributed by atoms with E-state index in [1.807, 2.05) is 0 Å². The third kappa shape index (κ3) is 3.96. The summed E-state index contributed by atoms with van der Waals surface area (Å²) >= 11 is 11.7. The van der Waals surface area contributed by atoms with Crippen molar-refractivity contribution in [2.45, 2.75) is 0 Å². The molecule has 0 saturated heterocycles. The molecule has 114 valence electrons. The predicted molar refractivity (Wildman–Crippen MR) is 81.8 cm³/mol. The molecule has 1 N–H and O–H groups in total. The molecule has 0 aliphatic carbocycles. The van der Waals surface area contributed by atoms with Gasteiger partial charge in [-0.25, -0.2) is 9.18 Å². The van der Waals surface area contributed by atoms with Crippen LogP contribution >= 0.6 is 23.2 Å². The maximum Gasteiger partial charge on any atom is 0.341 e. The standard InChI is InChI=1S/C15H10Cl2FNO3/c16-9-4-3-5-10(17)14(9)15(21)22-8-13(20)19-12-7-2-1-6-11(12)18/h1-7H,8H2,(H,19,20). The Bertz CT molecular complexity index is 701. The van der Waals surface area contributed by atoms with E-state index in [9.17, 15) is 14.0 Å². The molecule has 0 spiro atoms. The summed E-state index contributed by atoms with van der Waals surface area (Å²) in [6.45, 7) is -0.589. The van der Waals surface area contributed by atoms with Crippen LogP contribution in [0.5, 0.6) is 0 Å². The summed E-state index contributed by atoms with van der Waals surface area (Å²) in [5.74, 6) is -2.10. The van der Waals surface area contributed by atoms with Crippen molar-refractivity contribution in [2.24, 2.45) is 0 Å². The van der Waals surface area contributed by atoms with E-state index in [0.717, 1.165) is 0 Å². The zero-order valence-corrected chi connectivity index (χ0v) is 12.6. The zero-order valence-electron chi connectivity index (χ0n) is 11.1. The molecule has 0 fully saturated rings. The summed E-state index contributed by atoms with van der Waals surface area (Å²) in [6, 6.07) is 10.2. The van der Waals surface area contributed by atoms with Crippen LogP contribution in [0.2, 0.25) is 10.0 Å². The first kappa shape index (κ1) is 16.3. The van der Waals surface area contributed by atoms with Crippen molar-refractivity contribution in [3.8, 4) is 0 Å². The van der Waals surface area contributed by atoms with Crippen molar-refractivity contribution >= 4 is 40.8 Å². The highest BCUT2D eigenvalue weighted by molar-refractivity contribution is 6.39. The van der Waals surface area contributed by atoms with Gasteiger partial charge >= 0.3 is 5.97 Å². The van der Waals surface area contributed by atoms with Crippen molar-refractivity contribution in [1.29, 1.82) is 0 Å². The number of esters is 1. The summed E-state index contributed by atoms with van der Waals surface area (Å²) in [7, 11) is 0. The molecule has 0 radical (unpaired) electrons. The Kier molecular flexibility index (Phi) is 5.35. The van der Waals surface area contributed by atoms with Crippen molar-refractivity contribution < 1.29 is 18.7 Å². The second-order valence-electron chi connectivity index (χ2n) is 4.20. The molecule has 22 heavy (non-hydrogen) atoms. The lowest BCUT2D eigenvalue weighted by Gasteiger charge is -2.09. The summed E-state index contributed by atoms with van der Waals surface area (Å²) < 4.78 is 18.2. The fourth-order valence-electron chi connectivity index (χ4n) is 1.64. The largest absolute Gasteiger partial charge is 0.452 e. The topological polar surface area (TPSA) is 55.4 Å². The van der Waals surface area contributed by atoms with Gasteiger partial charge in [0.2, 0.25) is 0 Å².